The number of aryl methyl sites for hydroxylation is 2. The van der Waals surface area contributed by atoms with E-state index in [1.54, 1.807) is 11.1 Å². The van der Waals surface area contributed by atoms with Crippen LogP contribution in [0.5, 0.6) is 0 Å². The molecule has 0 unspecified atom stereocenters. The molecule has 0 bridgehead atoms. The lowest BCUT2D eigenvalue weighted by Crippen LogP contribution is -2.54. The summed E-state index contributed by atoms with van der Waals surface area (Å²) in [5, 5.41) is 6.79. The van der Waals surface area contributed by atoms with Gasteiger partial charge in [-0.05, 0) is 63.5 Å². The molecule has 7 heteroatoms. The molecule has 1 saturated carbocycles. The maximum atomic E-state index is 12.3. The van der Waals surface area contributed by atoms with Crippen LogP contribution in [-0.4, -0.2) is 47.7 Å². The molecule has 2 aliphatic heterocycles. The lowest BCUT2D eigenvalue weighted by Gasteiger charge is -2.49. The number of aromatic nitrogens is 1. The van der Waals surface area contributed by atoms with E-state index in [1.165, 1.54) is 10.4 Å². The fourth-order valence-corrected chi connectivity index (χ4v) is 6.82. The molecule has 6 nitrogen and oxygen atoms in total. The van der Waals surface area contributed by atoms with Crippen molar-refractivity contribution in [2.24, 2.45) is 5.92 Å². The number of carbonyl (C=O) groups is 1. The van der Waals surface area contributed by atoms with Crippen molar-refractivity contribution in [2.45, 2.75) is 77.0 Å². The Labute approximate surface area is 188 Å². The maximum Gasteiger partial charge on any atom is 0.290 e. The van der Waals surface area contributed by atoms with Crippen molar-refractivity contribution in [3.05, 3.63) is 38.9 Å². The second-order valence-electron chi connectivity index (χ2n) is 9.64. The van der Waals surface area contributed by atoms with E-state index in [-0.39, 0.29) is 17.6 Å². The zero-order chi connectivity index (χ0) is 21.6. The smallest absolute Gasteiger partial charge is 0.290 e. The van der Waals surface area contributed by atoms with Gasteiger partial charge < -0.3 is 19.5 Å². The Morgan fingerprint density at radius 2 is 2.26 bits per heavy atom. The zero-order valence-electron chi connectivity index (χ0n) is 18.8. The molecule has 1 amide bonds. The number of likely N-dealkylation sites (tertiary alicyclic amines) is 1. The molecule has 1 N–H and O–H groups in total. The Hall–Kier alpha value is -1.70. The third kappa shape index (κ3) is 3.96. The minimum Gasteiger partial charge on any atom is -0.370 e. The molecule has 168 valence electrons. The van der Waals surface area contributed by atoms with Crippen LogP contribution in [0.25, 0.3) is 0 Å². The third-order valence-corrected chi connectivity index (χ3v) is 8.82. The van der Waals surface area contributed by atoms with Gasteiger partial charge in [-0.15, -0.1) is 11.3 Å². The van der Waals surface area contributed by atoms with Crippen molar-refractivity contribution < 1.29 is 14.1 Å². The molecule has 1 spiro atoms. The average Bonchev–Trinajstić information content (AvgIpc) is 3.35. The number of fused-ring (bicyclic) bond motifs is 2. The quantitative estimate of drug-likeness (QED) is 0.755. The first-order chi connectivity index (χ1) is 15.0. The number of hydrogen-bond donors (Lipinski definition) is 1. The average molecular weight is 444 g/mol. The van der Waals surface area contributed by atoms with Crippen LogP contribution in [0.2, 0.25) is 0 Å². The molecule has 3 aliphatic rings. The van der Waals surface area contributed by atoms with E-state index in [4.69, 9.17) is 9.26 Å². The first-order valence-corrected chi connectivity index (χ1v) is 12.5. The molecule has 0 radical (unpaired) electrons. The van der Waals surface area contributed by atoms with Crippen molar-refractivity contribution in [3.8, 4) is 0 Å². The second-order valence-corrected chi connectivity index (χ2v) is 10.9. The Morgan fingerprint density at radius 1 is 1.42 bits per heavy atom. The Bertz CT molecular complexity index is 948. The molecule has 5 rings (SSSR count). The molecular weight excluding hydrogens is 410 g/mol. The van der Waals surface area contributed by atoms with Crippen LogP contribution in [0.1, 0.15) is 71.0 Å². The number of amides is 1. The summed E-state index contributed by atoms with van der Waals surface area (Å²) in [5.74, 6) is 0.845. The lowest BCUT2D eigenvalue weighted by atomic mass is 9.76. The predicted molar refractivity (Wildman–Crippen MR) is 121 cm³/mol. The van der Waals surface area contributed by atoms with Crippen molar-refractivity contribution in [1.29, 1.82) is 0 Å². The normalized spacial score (nSPS) is 30.7. The number of rotatable bonds is 5. The molecule has 0 aromatic carbocycles. The molecule has 2 aromatic rings. The van der Waals surface area contributed by atoms with E-state index in [2.05, 4.69) is 35.3 Å². The van der Waals surface area contributed by atoms with E-state index in [1.807, 2.05) is 18.3 Å². The standard InChI is InChI=1S/C24H33N3O3S/c1-4-19-11-20-21(31-19)5-8-29-24(20)6-7-27(16(3)12-24)14-17-9-18(10-17)26-23(28)22-15(2)13-25-30-22/h11,13,16-18H,4-10,12,14H2,1-3H3,(H,26,28)/t16-,17-,18+,24+/m0/s1. The zero-order valence-corrected chi connectivity index (χ0v) is 19.6. The minimum absolute atomic E-state index is 0.0710. The van der Waals surface area contributed by atoms with Gasteiger partial charge in [0.25, 0.3) is 5.91 Å². The fraction of sp³-hybridized carbons (Fsp3) is 0.667. The lowest BCUT2D eigenvalue weighted by molar-refractivity contribution is -0.114. The summed E-state index contributed by atoms with van der Waals surface area (Å²) >= 11 is 1.99. The van der Waals surface area contributed by atoms with Gasteiger partial charge in [-0.2, -0.15) is 0 Å². The number of nitrogens with zero attached hydrogens (tertiary/aromatic N) is 2. The predicted octanol–water partition coefficient (Wildman–Crippen LogP) is 4.07. The number of piperidine rings is 1. The summed E-state index contributed by atoms with van der Waals surface area (Å²) in [5.41, 5.74) is 2.20. The summed E-state index contributed by atoms with van der Waals surface area (Å²) in [7, 11) is 0. The van der Waals surface area contributed by atoms with Crippen LogP contribution in [0.3, 0.4) is 0 Å². The van der Waals surface area contributed by atoms with Crippen molar-refractivity contribution in [2.75, 3.05) is 19.7 Å². The highest BCUT2D eigenvalue weighted by Gasteiger charge is 2.45. The Morgan fingerprint density at radius 3 is 2.97 bits per heavy atom. The number of carbonyl (C=O) groups excluding carboxylic acids is 1. The maximum absolute atomic E-state index is 12.3. The van der Waals surface area contributed by atoms with Crippen molar-refractivity contribution >= 4 is 17.2 Å². The van der Waals surface area contributed by atoms with Crippen LogP contribution >= 0.6 is 11.3 Å². The summed E-state index contributed by atoms with van der Waals surface area (Å²) in [6, 6.07) is 3.18. The van der Waals surface area contributed by atoms with Gasteiger partial charge in [0.05, 0.1) is 18.4 Å². The number of ether oxygens (including phenoxy) is 1. The fourth-order valence-electron chi connectivity index (χ4n) is 5.64. The van der Waals surface area contributed by atoms with Gasteiger partial charge in [0.15, 0.2) is 0 Å². The number of thiophene rings is 1. The summed E-state index contributed by atoms with van der Waals surface area (Å²) in [4.78, 5) is 18.0. The monoisotopic (exact) mass is 443 g/mol. The van der Waals surface area contributed by atoms with E-state index in [0.717, 1.165) is 63.8 Å². The van der Waals surface area contributed by atoms with Crippen LogP contribution in [0.15, 0.2) is 16.8 Å². The third-order valence-electron chi connectivity index (χ3n) is 7.48. The second kappa shape index (κ2) is 8.34. The molecule has 2 fully saturated rings. The Balaban J connectivity index is 1.14. The Kier molecular flexibility index (Phi) is 5.69. The van der Waals surface area contributed by atoms with E-state index in [9.17, 15) is 4.79 Å². The SMILES string of the molecule is CCc1cc2c(s1)CCO[C@@]21CCN(C[C@H]2C[C@@H](NC(=O)c3oncc3C)C2)[C@@H](C)C1. The van der Waals surface area contributed by atoms with E-state index >= 15 is 0 Å². The van der Waals surface area contributed by atoms with Gasteiger partial charge in [-0.25, -0.2) is 0 Å². The largest absolute Gasteiger partial charge is 0.370 e. The molecule has 1 saturated heterocycles. The van der Waals surface area contributed by atoms with Gasteiger partial charge in [-0.3, -0.25) is 4.79 Å². The first kappa shape index (κ1) is 21.2. The van der Waals surface area contributed by atoms with Crippen molar-refractivity contribution in [3.63, 3.8) is 0 Å². The molecule has 31 heavy (non-hydrogen) atoms. The topological polar surface area (TPSA) is 67.6 Å². The van der Waals surface area contributed by atoms with E-state index in [0.29, 0.717) is 17.7 Å². The molecule has 1 aliphatic carbocycles. The molecule has 2 atom stereocenters. The van der Waals surface area contributed by atoms with Crippen LogP contribution in [0, 0.1) is 12.8 Å². The highest BCUT2D eigenvalue weighted by molar-refractivity contribution is 7.12. The van der Waals surface area contributed by atoms with E-state index < -0.39 is 0 Å². The van der Waals surface area contributed by atoms with Gasteiger partial charge >= 0.3 is 0 Å². The van der Waals surface area contributed by atoms with Gasteiger partial charge in [0, 0.05) is 46.9 Å². The molecule has 4 heterocycles. The highest BCUT2D eigenvalue weighted by atomic mass is 32.1. The van der Waals surface area contributed by atoms with Gasteiger partial charge in [0.1, 0.15) is 0 Å². The minimum atomic E-state index is -0.140. The molecule has 2 aromatic heterocycles. The van der Waals surface area contributed by atoms with Gasteiger partial charge in [-0.1, -0.05) is 12.1 Å². The van der Waals surface area contributed by atoms with Crippen molar-refractivity contribution in [1.82, 2.24) is 15.4 Å². The molecular formula is C24H33N3O3S. The van der Waals surface area contributed by atoms with Gasteiger partial charge in [0.2, 0.25) is 5.76 Å². The summed E-state index contributed by atoms with van der Waals surface area (Å²) in [6.07, 6.45) is 8.02. The highest BCUT2D eigenvalue weighted by Crippen LogP contribution is 2.46. The number of hydrogen-bond acceptors (Lipinski definition) is 6. The van der Waals surface area contributed by atoms with Crippen LogP contribution in [-0.2, 0) is 23.2 Å². The van der Waals surface area contributed by atoms with Crippen LogP contribution < -0.4 is 5.32 Å². The number of nitrogens with one attached hydrogen (secondary N) is 1. The summed E-state index contributed by atoms with van der Waals surface area (Å²) < 4.78 is 11.5. The first-order valence-electron chi connectivity index (χ1n) is 11.7. The van der Waals surface area contributed by atoms with Crippen LogP contribution in [0.4, 0.5) is 0 Å². The summed E-state index contributed by atoms with van der Waals surface area (Å²) in [6.45, 7) is 9.51.